The van der Waals surface area contributed by atoms with Crippen LogP contribution in [0.3, 0.4) is 0 Å². The van der Waals surface area contributed by atoms with Crippen molar-refractivity contribution in [2.24, 2.45) is 0 Å². The quantitative estimate of drug-likeness (QED) is 0.679. The first-order chi connectivity index (χ1) is 10.1. The number of nitro benzene ring substituents is 1. The van der Waals surface area contributed by atoms with E-state index in [1.165, 1.54) is 11.1 Å². The Balaban J connectivity index is 1.83. The molecule has 108 valence electrons. The Morgan fingerprint density at radius 3 is 2.71 bits per heavy atom. The lowest BCUT2D eigenvalue weighted by Crippen LogP contribution is -2.31. The van der Waals surface area contributed by atoms with Crippen molar-refractivity contribution in [2.75, 3.05) is 6.54 Å². The Bertz CT molecular complexity index is 670. The van der Waals surface area contributed by atoms with E-state index in [2.05, 4.69) is 39.4 Å². The van der Waals surface area contributed by atoms with Crippen LogP contribution in [0.1, 0.15) is 22.7 Å². The minimum Gasteiger partial charge on any atom is -0.309 e. The van der Waals surface area contributed by atoms with Crippen LogP contribution < -0.4 is 5.32 Å². The highest BCUT2D eigenvalue weighted by atomic mass is 79.9. The van der Waals surface area contributed by atoms with Gasteiger partial charge in [0.1, 0.15) is 0 Å². The zero-order chi connectivity index (χ0) is 14.8. The van der Waals surface area contributed by atoms with Crippen molar-refractivity contribution in [2.45, 2.75) is 18.9 Å². The predicted octanol–water partition coefficient (Wildman–Crippen LogP) is 3.79. The van der Waals surface area contributed by atoms with E-state index >= 15 is 0 Å². The summed E-state index contributed by atoms with van der Waals surface area (Å²) < 4.78 is 1.16. The zero-order valence-corrected chi connectivity index (χ0v) is 13.0. The minimum atomic E-state index is -0.366. The molecule has 0 aromatic heterocycles. The summed E-state index contributed by atoms with van der Waals surface area (Å²) >= 11 is 3.62. The van der Waals surface area contributed by atoms with Crippen LogP contribution in [-0.4, -0.2) is 11.5 Å². The minimum absolute atomic E-state index is 0.137. The highest BCUT2D eigenvalue weighted by molar-refractivity contribution is 9.10. The number of benzene rings is 2. The summed E-state index contributed by atoms with van der Waals surface area (Å²) in [6, 6.07) is 13.4. The smallest absolute Gasteiger partial charge is 0.269 e. The number of nitro groups is 1. The van der Waals surface area contributed by atoms with Gasteiger partial charge in [0.2, 0.25) is 0 Å². The lowest BCUT2D eigenvalue weighted by molar-refractivity contribution is -0.384. The van der Waals surface area contributed by atoms with Crippen LogP contribution in [0.5, 0.6) is 0 Å². The molecular formula is C16H15BrN2O2. The van der Waals surface area contributed by atoms with Gasteiger partial charge in [0.25, 0.3) is 5.69 Å². The molecule has 2 aromatic rings. The molecule has 1 aliphatic heterocycles. The van der Waals surface area contributed by atoms with Crippen molar-refractivity contribution >= 4 is 21.6 Å². The molecule has 0 amide bonds. The van der Waals surface area contributed by atoms with Gasteiger partial charge in [-0.25, -0.2) is 0 Å². The van der Waals surface area contributed by atoms with Gasteiger partial charge in [-0.1, -0.05) is 40.2 Å². The molecule has 1 unspecified atom stereocenters. The maximum absolute atomic E-state index is 10.7. The molecule has 0 radical (unpaired) electrons. The SMILES string of the molecule is O=[N+]([O-])c1ccc(CC2NCCc3c(Br)cccc32)cc1. The summed E-state index contributed by atoms with van der Waals surface area (Å²) in [6.45, 7) is 0.952. The second-order valence-electron chi connectivity index (χ2n) is 5.19. The number of fused-ring (bicyclic) bond motifs is 1. The molecule has 0 saturated heterocycles. The normalized spacial score (nSPS) is 17.3. The molecule has 1 atom stereocenters. The standard InChI is InChI=1S/C16H15BrN2O2/c17-15-3-1-2-14-13(15)8-9-18-16(14)10-11-4-6-12(7-5-11)19(20)21/h1-7,16,18H,8-10H2. The van der Waals surface area contributed by atoms with Gasteiger partial charge in [-0.05, 0) is 42.1 Å². The van der Waals surface area contributed by atoms with Gasteiger partial charge in [0.05, 0.1) is 4.92 Å². The van der Waals surface area contributed by atoms with E-state index in [-0.39, 0.29) is 16.7 Å². The highest BCUT2D eigenvalue weighted by Gasteiger charge is 2.21. The summed E-state index contributed by atoms with van der Waals surface area (Å²) in [6.07, 6.45) is 1.86. The molecule has 1 heterocycles. The van der Waals surface area contributed by atoms with E-state index in [1.807, 2.05) is 12.1 Å². The first-order valence-electron chi connectivity index (χ1n) is 6.89. The molecule has 3 rings (SSSR count). The third kappa shape index (κ3) is 2.99. The molecule has 0 aliphatic carbocycles. The average Bonchev–Trinajstić information content (AvgIpc) is 2.49. The molecular weight excluding hydrogens is 332 g/mol. The van der Waals surface area contributed by atoms with Crippen LogP contribution >= 0.6 is 15.9 Å². The number of rotatable bonds is 3. The number of nitrogens with one attached hydrogen (secondary N) is 1. The summed E-state index contributed by atoms with van der Waals surface area (Å²) in [7, 11) is 0. The number of halogens is 1. The largest absolute Gasteiger partial charge is 0.309 e. The van der Waals surface area contributed by atoms with Gasteiger partial charge in [0, 0.05) is 22.6 Å². The summed E-state index contributed by atoms with van der Waals surface area (Å²) in [5.41, 5.74) is 3.92. The third-order valence-electron chi connectivity index (χ3n) is 3.88. The molecule has 5 heteroatoms. The van der Waals surface area contributed by atoms with E-state index < -0.39 is 0 Å². The molecule has 1 N–H and O–H groups in total. The Hall–Kier alpha value is -1.72. The van der Waals surface area contributed by atoms with Crippen LogP contribution in [0.4, 0.5) is 5.69 Å². The van der Waals surface area contributed by atoms with Gasteiger partial charge in [-0.15, -0.1) is 0 Å². The maximum atomic E-state index is 10.7. The molecule has 21 heavy (non-hydrogen) atoms. The molecule has 0 saturated carbocycles. The van der Waals surface area contributed by atoms with E-state index in [0.29, 0.717) is 0 Å². The average molecular weight is 347 g/mol. The van der Waals surface area contributed by atoms with Gasteiger partial charge >= 0.3 is 0 Å². The highest BCUT2D eigenvalue weighted by Crippen LogP contribution is 2.31. The van der Waals surface area contributed by atoms with Gasteiger partial charge in [-0.2, -0.15) is 0 Å². The van der Waals surface area contributed by atoms with Crippen molar-refractivity contribution in [1.29, 1.82) is 0 Å². The summed E-state index contributed by atoms with van der Waals surface area (Å²) in [5.74, 6) is 0. The van der Waals surface area contributed by atoms with Gasteiger partial charge < -0.3 is 5.32 Å². The Labute approximate surface area is 131 Å². The van der Waals surface area contributed by atoms with E-state index in [1.54, 1.807) is 12.1 Å². The summed E-state index contributed by atoms with van der Waals surface area (Å²) in [4.78, 5) is 10.3. The fourth-order valence-electron chi connectivity index (χ4n) is 2.82. The van der Waals surface area contributed by atoms with Crippen LogP contribution in [0, 0.1) is 10.1 Å². The topological polar surface area (TPSA) is 55.2 Å². The lowest BCUT2D eigenvalue weighted by Gasteiger charge is -2.28. The molecule has 0 spiro atoms. The van der Waals surface area contributed by atoms with E-state index in [4.69, 9.17) is 0 Å². The molecule has 1 aliphatic rings. The van der Waals surface area contributed by atoms with Crippen LogP contribution in [-0.2, 0) is 12.8 Å². The van der Waals surface area contributed by atoms with Gasteiger partial charge in [-0.3, -0.25) is 10.1 Å². The van der Waals surface area contributed by atoms with Crippen LogP contribution in [0.25, 0.3) is 0 Å². The number of hydrogen-bond donors (Lipinski definition) is 1. The van der Waals surface area contributed by atoms with Crippen molar-refractivity contribution in [1.82, 2.24) is 5.32 Å². The van der Waals surface area contributed by atoms with E-state index in [9.17, 15) is 10.1 Å². The van der Waals surface area contributed by atoms with Crippen molar-refractivity contribution in [3.8, 4) is 0 Å². The van der Waals surface area contributed by atoms with Crippen molar-refractivity contribution in [3.63, 3.8) is 0 Å². The number of non-ortho nitro benzene ring substituents is 1. The number of hydrogen-bond acceptors (Lipinski definition) is 3. The van der Waals surface area contributed by atoms with E-state index in [0.717, 1.165) is 29.4 Å². The van der Waals surface area contributed by atoms with Crippen LogP contribution in [0.2, 0.25) is 0 Å². The predicted molar refractivity (Wildman–Crippen MR) is 85.4 cm³/mol. The maximum Gasteiger partial charge on any atom is 0.269 e. The van der Waals surface area contributed by atoms with Gasteiger partial charge in [0.15, 0.2) is 0 Å². The second kappa shape index (κ2) is 5.95. The monoisotopic (exact) mass is 346 g/mol. The molecule has 0 fully saturated rings. The number of nitrogens with zero attached hydrogens (tertiary/aromatic N) is 1. The Morgan fingerprint density at radius 2 is 2.00 bits per heavy atom. The fourth-order valence-corrected chi connectivity index (χ4v) is 3.40. The van der Waals surface area contributed by atoms with Crippen LogP contribution in [0.15, 0.2) is 46.9 Å². The summed E-state index contributed by atoms with van der Waals surface area (Å²) in [5, 5.41) is 14.2. The molecule has 2 aromatic carbocycles. The Kier molecular flexibility index (Phi) is 4.03. The molecule has 4 nitrogen and oxygen atoms in total. The van der Waals surface area contributed by atoms with Crippen molar-refractivity contribution in [3.05, 3.63) is 73.7 Å². The Morgan fingerprint density at radius 1 is 1.24 bits per heavy atom. The first kappa shape index (κ1) is 14.2. The fraction of sp³-hybridized carbons (Fsp3) is 0.250. The zero-order valence-electron chi connectivity index (χ0n) is 11.4. The van der Waals surface area contributed by atoms with Crippen molar-refractivity contribution < 1.29 is 4.92 Å². The third-order valence-corrected chi connectivity index (χ3v) is 4.63. The molecule has 0 bridgehead atoms. The lowest BCUT2D eigenvalue weighted by atomic mass is 9.90. The first-order valence-corrected chi connectivity index (χ1v) is 7.68. The second-order valence-corrected chi connectivity index (χ2v) is 6.05.